The minimum absolute atomic E-state index is 0.0297. The van der Waals surface area contributed by atoms with E-state index in [9.17, 15) is 9.59 Å². The highest BCUT2D eigenvalue weighted by molar-refractivity contribution is 6.06. The molecule has 0 bridgehead atoms. The number of amides is 1. The molecule has 1 saturated carbocycles. The molecule has 0 unspecified atom stereocenters. The van der Waals surface area contributed by atoms with Crippen LogP contribution in [0.3, 0.4) is 0 Å². The van der Waals surface area contributed by atoms with Crippen LogP contribution in [0, 0.1) is 0 Å². The average Bonchev–Trinajstić information content (AvgIpc) is 3.21. The Bertz CT molecular complexity index is 1520. The van der Waals surface area contributed by atoms with Crippen molar-refractivity contribution in [2.75, 3.05) is 0 Å². The summed E-state index contributed by atoms with van der Waals surface area (Å²) in [5.74, 6) is 1.82. The fraction of sp³-hybridized carbons (Fsp3) is 0.261. The van der Waals surface area contributed by atoms with E-state index in [1.54, 1.807) is 23.0 Å². The number of aromatic nitrogens is 5. The Morgan fingerprint density at radius 1 is 1.18 bits per heavy atom. The summed E-state index contributed by atoms with van der Waals surface area (Å²) in [5, 5.41) is 7.65. The van der Waals surface area contributed by atoms with Crippen LogP contribution in [0.2, 0.25) is 0 Å². The molecule has 1 fully saturated rings. The lowest BCUT2D eigenvalue weighted by Crippen LogP contribution is -2.29. The zero-order chi connectivity index (χ0) is 22.4. The third-order valence-electron chi connectivity index (χ3n) is 5.81. The number of nitrogens with one attached hydrogen (secondary N) is 1. The molecule has 5 aromatic rings. The van der Waals surface area contributed by atoms with Gasteiger partial charge in [0.25, 0.3) is 5.56 Å². The maximum absolute atomic E-state index is 13.5. The van der Waals surface area contributed by atoms with Crippen LogP contribution in [0.1, 0.15) is 36.2 Å². The zero-order valence-corrected chi connectivity index (χ0v) is 17.6. The van der Waals surface area contributed by atoms with Crippen LogP contribution in [0.5, 0.6) is 0 Å². The van der Waals surface area contributed by atoms with Crippen LogP contribution in [-0.2, 0) is 24.4 Å². The molecule has 1 aliphatic carbocycles. The van der Waals surface area contributed by atoms with Crippen LogP contribution < -0.4 is 10.9 Å². The summed E-state index contributed by atoms with van der Waals surface area (Å²) < 4.78 is 13.7. The molecule has 0 radical (unpaired) electrons. The summed E-state index contributed by atoms with van der Waals surface area (Å²) in [5.41, 5.74) is 1.39. The number of hydrogen-bond donors (Lipinski definition) is 1. The van der Waals surface area contributed by atoms with E-state index in [-0.39, 0.29) is 31.1 Å². The lowest BCUT2D eigenvalue weighted by atomic mass is 10.2. The van der Waals surface area contributed by atoms with Gasteiger partial charge in [0.05, 0.1) is 24.7 Å². The molecular weight excluding hydrogens is 424 g/mol. The van der Waals surface area contributed by atoms with Crippen molar-refractivity contribution in [1.82, 2.24) is 29.6 Å². The van der Waals surface area contributed by atoms with Crippen LogP contribution >= 0.6 is 0 Å². The van der Waals surface area contributed by atoms with Crippen molar-refractivity contribution in [1.29, 1.82) is 0 Å². The Kier molecular flexibility index (Phi) is 4.56. The first-order valence-corrected chi connectivity index (χ1v) is 10.8. The lowest BCUT2D eigenvalue weighted by Gasteiger charge is -2.08. The van der Waals surface area contributed by atoms with Crippen molar-refractivity contribution < 1.29 is 13.7 Å². The Hall–Kier alpha value is -4.21. The summed E-state index contributed by atoms with van der Waals surface area (Å²) in [4.78, 5) is 35.1. The van der Waals surface area contributed by atoms with Crippen molar-refractivity contribution in [2.24, 2.45) is 0 Å². The number of furan rings is 1. The van der Waals surface area contributed by atoms with Crippen LogP contribution in [0.15, 0.2) is 62.7 Å². The van der Waals surface area contributed by atoms with Crippen molar-refractivity contribution >= 4 is 27.8 Å². The highest BCUT2D eigenvalue weighted by Crippen LogP contribution is 2.38. The largest absolute Gasteiger partial charge is 0.467 e. The smallest absolute Gasteiger partial charge is 0.278 e. The standard InChI is InChI=1S/C23H20N6O4/c30-18(24-10-15-4-3-9-32-15)11-29-17-6-2-1-5-16(17)20-21(29)23(31)28(13-25-20)12-19-26-22(27-33-19)14-7-8-14/h1-6,9,13-14H,7-8,10-12H2,(H,24,30). The third kappa shape index (κ3) is 3.59. The molecule has 10 nitrogen and oxygen atoms in total. The van der Waals surface area contributed by atoms with Gasteiger partial charge in [0.1, 0.15) is 29.9 Å². The SMILES string of the molecule is O=C(Cn1c2ccccc2c2ncn(Cc3nc(C4CC4)no3)c(=O)c21)NCc1ccco1. The molecule has 33 heavy (non-hydrogen) atoms. The normalized spacial score (nSPS) is 13.7. The molecule has 166 valence electrons. The predicted octanol–water partition coefficient (Wildman–Crippen LogP) is 2.57. The van der Waals surface area contributed by atoms with Gasteiger partial charge in [0, 0.05) is 11.3 Å². The molecule has 0 spiro atoms. The second-order valence-electron chi connectivity index (χ2n) is 8.15. The molecule has 4 aromatic heterocycles. The fourth-order valence-electron chi connectivity index (χ4n) is 4.01. The maximum Gasteiger partial charge on any atom is 0.278 e. The first-order valence-electron chi connectivity index (χ1n) is 10.8. The van der Waals surface area contributed by atoms with Crippen molar-refractivity contribution in [3.8, 4) is 0 Å². The van der Waals surface area contributed by atoms with Crippen LogP contribution in [0.4, 0.5) is 0 Å². The maximum atomic E-state index is 13.5. The predicted molar refractivity (Wildman–Crippen MR) is 117 cm³/mol. The van der Waals surface area contributed by atoms with Crippen LogP contribution in [0.25, 0.3) is 21.9 Å². The fourth-order valence-corrected chi connectivity index (χ4v) is 4.01. The molecule has 1 aliphatic rings. The second-order valence-corrected chi connectivity index (χ2v) is 8.15. The molecule has 0 atom stereocenters. The van der Waals surface area contributed by atoms with Crippen LogP contribution in [-0.4, -0.2) is 30.2 Å². The number of fused-ring (bicyclic) bond motifs is 3. The molecule has 1 aromatic carbocycles. The molecule has 0 saturated heterocycles. The van der Waals surface area contributed by atoms with E-state index in [1.165, 1.54) is 10.9 Å². The molecule has 6 rings (SSSR count). The highest BCUT2D eigenvalue weighted by atomic mass is 16.5. The summed E-state index contributed by atoms with van der Waals surface area (Å²) in [6.07, 6.45) is 5.17. The van der Waals surface area contributed by atoms with Gasteiger partial charge >= 0.3 is 0 Å². The van der Waals surface area contributed by atoms with Gasteiger partial charge in [0.15, 0.2) is 5.82 Å². The number of hydrogen-bond acceptors (Lipinski definition) is 7. The minimum atomic E-state index is -0.277. The van der Waals surface area contributed by atoms with Crippen molar-refractivity contribution in [3.63, 3.8) is 0 Å². The van der Waals surface area contributed by atoms with Gasteiger partial charge < -0.3 is 18.8 Å². The average molecular weight is 444 g/mol. The molecular formula is C23H20N6O4. The quantitative estimate of drug-likeness (QED) is 0.409. The molecule has 1 amide bonds. The Balaban J connectivity index is 1.36. The van der Waals surface area contributed by atoms with Gasteiger partial charge in [-0.05, 0) is 31.0 Å². The van der Waals surface area contributed by atoms with Gasteiger partial charge in [-0.3, -0.25) is 14.2 Å². The number of carbonyl (C=O) groups excluding carboxylic acids is 1. The molecule has 0 aliphatic heterocycles. The zero-order valence-electron chi connectivity index (χ0n) is 17.6. The minimum Gasteiger partial charge on any atom is -0.467 e. The lowest BCUT2D eigenvalue weighted by molar-refractivity contribution is -0.121. The van der Waals surface area contributed by atoms with E-state index in [4.69, 9.17) is 8.94 Å². The van der Waals surface area contributed by atoms with E-state index in [1.807, 2.05) is 24.3 Å². The van der Waals surface area contributed by atoms with Gasteiger partial charge in [-0.15, -0.1) is 0 Å². The first-order chi connectivity index (χ1) is 16.2. The van der Waals surface area contributed by atoms with Gasteiger partial charge in [-0.25, -0.2) is 4.98 Å². The number of para-hydroxylation sites is 1. The van der Waals surface area contributed by atoms with Gasteiger partial charge in [-0.1, -0.05) is 23.4 Å². The summed E-state index contributed by atoms with van der Waals surface area (Å²) >= 11 is 0. The summed E-state index contributed by atoms with van der Waals surface area (Å²) in [6.45, 7) is 0.359. The Morgan fingerprint density at radius 3 is 2.88 bits per heavy atom. The van der Waals surface area contributed by atoms with E-state index in [0.29, 0.717) is 34.4 Å². The van der Waals surface area contributed by atoms with Gasteiger partial charge in [-0.2, -0.15) is 4.98 Å². The van der Waals surface area contributed by atoms with E-state index in [2.05, 4.69) is 20.4 Å². The number of benzene rings is 1. The Labute approximate surface area is 186 Å². The number of carbonyl (C=O) groups is 1. The van der Waals surface area contributed by atoms with E-state index >= 15 is 0 Å². The monoisotopic (exact) mass is 444 g/mol. The number of rotatable bonds is 7. The summed E-state index contributed by atoms with van der Waals surface area (Å²) in [6, 6.07) is 11.1. The second kappa shape index (κ2) is 7.73. The van der Waals surface area contributed by atoms with Gasteiger partial charge in [0.2, 0.25) is 11.8 Å². The first kappa shape index (κ1) is 19.5. The summed E-state index contributed by atoms with van der Waals surface area (Å²) in [7, 11) is 0. The molecule has 4 heterocycles. The van der Waals surface area contributed by atoms with E-state index < -0.39 is 0 Å². The molecule has 10 heteroatoms. The number of nitrogens with zero attached hydrogens (tertiary/aromatic N) is 5. The van der Waals surface area contributed by atoms with Crippen molar-refractivity contribution in [3.05, 3.63) is 76.8 Å². The topological polar surface area (TPSA) is 121 Å². The third-order valence-corrected chi connectivity index (χ3v) is 5.81. The highest BCUT2D eigenvalue weighted by Gasteiger charge is 2.29. The van der Waals surface area contributed by atoms with Crippen molar-refractivity contribution in [2.45, 2.75) is 38.4 Å². The van der Waals surface area contributed by atoms with E-state index in [0.717, 1.165) is 23.7 Å². The molecule has 1 N–H and O–H groups in total. The Morgan fingerprint density at radius 2 is 2.06 bits per heavy atom.